The first kappa shape index (κ1) is 20.8. The van der Waals surface area contributed by atoms with Gasteiger partial charge in [0, 0.05) is 32.1 Å². The molecule has 8 nitrogen and oxygen atoms in total. The number of piperidine rings is 1. The Balaban J connectivity index is 1.82. The van der Waals surface area contributed by atoms with Gasteiger partial charge in [0.05, 0.1) is 11.6 Å². The molecule has 0 spiro atoms. The third kappa shape index (κ3) is 4.37. The van der Waals surface area contributed by atoms with Gasteiger partial charge in [-0.3, -0.25) is 4.79 Å². The quantitative estimate of drug-likeness (QED) is 0.704. The van der Waals surface area contributed by atoms with Crippen molar-refractivity contribution in [2.45, 2.75) is 44.0 Å². The van der Waals surface area contributed by atoms with Crippen molar-refractivity contribution in [2.75, 3.05) is 20.1 Å². The fourth-order valence-electron chi connectivity index (χ4n) is 3.07. The summed E-state index contributed by atoms with van der Waals surface area (Å²) >= 11 is 6.17. The molecule has 28 heavy (non-hydrogen) atoms. The molecule has 0 N–H and O–H groups in total. The Morgan fingerprint density at radius 3 is 2.64 bits per heavy atom. The second-order valence-electron chi connectivity index (χ2n) is 6.73. The molecule has 10 heteroatoms. The number of carbonyl (C=O) groups is 1. The van der Waals surface area contributed by atoms with Crippen LogP contribution in [-0.4, -0.2) is 53.8 Å². The Labute approximate surface area is 169 Å². The van der Waals surface area contributed by atoms with Crippen molar-refractivity contribution in [1.29, 1.82) is 0 Å². The molecule has 1 aliphatic heterocycles. The van der Waals surface area contributed by atoms with Crippen LogP contribution in [0.15, 0.2) is 27.6 Å². The van der Waals surface area contributed by atoms with Gasteiger partial charge >= 0.3 is 0 Å². The molecular formula is C18H23ClN4O4S. The first-order valence-corrected chi connectivity index (χ1v) is 11.0. The molecule has 152 valence electrons. The maximum Gasteiger partial charge on any atom is 0.254 e. The van der Waals surface area contributed by atoms with Crippen LogP contribution in [0.25, 0.3) is 0 Å². The van der Waals surface area contributed by atoms with E-state index in [4.69, 9.17) is 16.1 Å². The summed E-state index contributed by atoms with van der Waals surface area (Å²) in [5.41, 5.74) is 0.234. The number of benzene rings is 1. The van der Waals surface area contributed by atoms with E-state index in [-0.39, 0.29) is 27.9 Å². The highest BCUT2D eigenvalue weighted by Crippen LogP contribution is 2.28. The van der Waals surface area contributed by atoms with E-state index in [1.54, 1.807) is 7.05 Å². The molecule has 1 fully saturated rings. The molecule has 1 saturated heterocycles. The van der Waals surface area contributed by atoms with E-state index in [0.29, 0.717) is 31.2 Å². The second-order valence-corrected chi connectivity index (χ2v) is 9.04. The maximum absolute atomic E-state index is 13.0. The van der Waals surface area contributed by atoms with Crippen LogP contribution in [-0.2, 0) is 23.0 Å². The molecule has 3 rings (SSSR count). The number of amides is 1. The van der Waals surface area contributed by atoms with Crippen molar-refractivity contribution < 1.29 is 17.7 Å². The minimum Gasteiger partial charge on any atom is -0.337 e. The molecule has 1 aromatic carbocycles. The summed E-state index contributed by atoms with van der Waals surface area (Å²) in [6.45, 7) is 2.96. The molecular weight excluding hydrogens is 404 g/mol. The van der Waals surface area contributed by atoms with E-state index in [1.807, 2.05) is 6.92 Å². The number of aryl methyl sites for hydroxylation is 1. The van der Waals surface area contributed by atoms with Crippen LogP contribution in [0.1, 0.15) is 48.3 Å². The van der Waals surface area contributed by atoms with Crippen LogP contribution < -0.4 is 0 Å². The number of aromatic nitrogens is 2. The number of carbonyl (C=O) groups excluding carboxylic acids is 1. The summed E-state index contributed by atoms with van der Waals surface area (Å²) in [6, 6.07) is 4.30. The van der Waals surface area contributed by atoms with Crippen LogP contribution >= 0.6 is 11.6 Å². The van der Waals surface area contributed by atoms with Crippen molar-refractivity contribution in [3.05, 3.63) is 40.5 Å². The average molecular weight is 427 g/mol. The highest BCUT2D eigenvalue weighted by molar-refractivity contribution is 7.89. The third-order valence-corrected chi connectivity index (χ3v) is 7.04. The first-order chi connectivity index (χ1) is 13.3. The van der Waals surface area contributed by atoms with Gasteiger partial charge in [-0.15, -0.1) is 0 Å². The molecule has 0 radical (unpaired) electrons. The highest BCUT2D eigenvalue weighted by Gasteiger charge is 2.29. The van der Waals surface area contributed by atoms with Crippen molar-refractivity contribution in [3.63, 3.8) is 0 Å². The monoisotopic (exact) mass is 426 g/mol. The normalized spacial score (nSPS) is 15.5. The van der Waals surface area contributed by atoms with E-state index in [1.165, 1.54) is 27.4 Å². The average Bonchev–Trinajstić information content (AvgIpc) is 3.16. The van der Waals surface area contributed by atoms with E-state index in [9.17, 15) is 13.2 Å². The number of rotatable bonds is 6. The van der Waals surface area contributed by atoms with Gasteiger partial charge in [-0.1, -0.05) is 30.1 Å². The smallest absolute Gasteiger partial charge is 0.254 e. The second kappa shape index (κ2) is 8.59. The minimum atomic E-state index is -3.74. The lowest BCUT2D eigenvalue weighted by molar-refractivity contribution is 0.0769. The Bertz CT molecular complexity index is 954. The van der Waals surface area contributed by atoms with Gasteiger partial charge in [0.1, 0.15) is 4.90 Å². The van der Waals surface area contributed by atoms with Crippen molar-refractivity contribution in [3.8, 4) is 0 Å². The molecule has 0 saturated carbocycles. The summed E-state index contributed by atoms with van der Waals surface area (Å²) in [5, 5.41) is 3.91. The summed E-state index contributed by atoms with van der Waals surface area (Å²) in [7, 11) is -2.15. The molecule has 0 atom stereocenters. The van der Waals surface area contributed by atoms with E-state index in [2.05, 4.69) is 10.1 Å². The van der Waals surface area contributed by atoms with Crippen molar-refractivity contribution in [2.24, 2.45) is 0 Å². The molecule has 1 amide bonds. The largest absolute Gasteiger partial charge is 0.337 e. The third-order valence-electron chi connectivity index (χ3n) is 4.66. The Hall–Kier alpha value is -1.97. The lowest BCUT2D eigenvalue weighted by Gasteiger charge is -2.26. The first-order valence-electron chi connectivity index (χ1n) is 9.19. The van der Waals surface area contributed by atoms with Crippen molar-refractivity contribution >= 4 is 27.5 Å². The van der Waals surface area contributed by atoms with E-state index in [0.717, 1.165) is 19.3 Å². The predicted octanol–water partition coefficient (Wildman–Crippen LogP) is 2.73. The zero-order valence-electron chi connectivity index (χ0n) is 15.9. The van der Waals surface area contributed by atoms with Crippen LogP contribution in [0.5, 0.6) is 0 Å². The fourth-order valence-corrected chi connectivity index (χ4v) is 5.09. The van der Waals surface area contributed by atoms with Gasteiger partial charge < -0.3 is 9.42 Å². The Kier molecular flexibility index (Phi) is 6.36. The van der Waals surface area contributed by atoms with Gasteiger partial charge in [-0.2, -0.15) is 9.29 Å². The lowest BCUT2D eigenvalue weighted by Crippen LogP contribution is -2.36. The molecule has 0 unspecified atom stereocenters. The molecule has 1 aliphatic rings. The summed E-state index contributed by atoms with van der Waals surface area (Å²) in [4.78, 5) is 18.3. The molecule has 2 aromatic rings. The van der Waals surface area contributed by atoms with Gasteiger partial charge in [-0.25, -0.2) is 8.42 Å². The van der Waals surface area contributed by atoms with Gasteiger partial charge in [0.15, 0.2) is 5.82 Å². The molecule has 2 heterocycles. The van der Waals surface area contributed by atoms with Crippen LogP contribution in [0.3, 0.4) is 0 Å². The maximum atomic E-state index is 13.0. The predicted molar refractivity (Wildman–Crippen MR) is 104 cm³/mol. The fraction of sp³-hybridized carbons (Fsp3) is 0.500. The SMILES string of the molecule is CCc1noc(CN(C)C(=O)c2ccc(Cl)c(S(=O)(=O)N3CCCCC3)c2)n1. The van der Waals surface area contributed by atoms with Crippen LogP contribution in [0.4, 0.5) is 0 Å². The summed E-state index contributed by atoms with van der Waals surface area (Å²) < 4.78 is 32.5. The van der Waals surface area contributed by atoms with Gasteiger partial charge in [0.25, 0.3) is 5.91 Å². The number of hydrogen-bond acceptors (Lipinski definition) is 6. The minimum absolute atomic E-state index is 0.0404. The van der Waals surface area contributed by atoms with Crippen LogP contribution in [0, 0.1) is 0 Å². The summed E-state index contributed by atoms with van der Waals surface area (Å²) in [5.74, 6) is 0.531. The standard InChI is InChI=1S/C18H23ClN4O4S/c1-3-16-20-17(27-21-16)12-22(2)18(24)13-7-8-14(19)15(11-13)28(25,26)23-9-5-4-6-10-23/h7-8,11H,3-6,9-10,12H2,1-2H3. The van der Waals surface area contributed by atoms with Gasteiger partial charge in [-0.05, 0) is 31.0 Å². The van der Waals surface area contributed by atoms with Crippen molar-refractivity contribution in [1.82, 2.24) is 19.3 Å². The molecule has 1 aromatic heterocycles. The molecule has 0 aliphatic carbocycles. The number of sulfonamides is 1. The Morgan fingerprint density at radius 2 is 2.00 bits per heavy atom. The number of nitrogens with zero attached hydrogens (tertiary/aromatic N) is 4. The molecule has 0 bridgehead atoms. The van der Waals surface area contributed by atoms with Crippen LogP contribution in [0.2, 0.25) is 5.02 Å². The number of halogens is 1. The lowest BCUT2D eigenvalue weighted by atomic mass is 10.2. The number of hydrogen-bond donors (Lipinski definition) is 0. The summed E-state index contributed by atoms with van der Waals surface area (Å²) in [6.07, 6.45) is 3.29. The highest BCUT2D eigenvalue weighted by atomic mass is 35.5. The Morgan fingerprint density at radius 1 is 1.29 bits per heavy atom. The van der Waals surface area contributed by atoms with E-state index < -0.39 is 10.0 Å². The zero-order valence-corrected chi connectivity index (χ0v) is 17.5. The van der Waals surface area contributed by atoms with E-state index >= 15 is 0 Å². The van der Waals surface area contributed by atoms with Gasteiger partial charge in [0.2, 0.25) is 15.9 Å². The topological polar surface area (TPSA) is 96.6 Å². The zero-order chi connectivity index (χ0) is 20.3.